The molecular formula is C15H17BrClN3O. The van der Waals surface area contributed by atoms with Gasteiger partial charge in [-0.15, -0.1) is 0 Å². The van der Waals surface area contributed by atoms with Gasteiger partial charge in [0.25, 0.3) is 5.56 Å². The first-order valence-corrected chi connectivity index (χ1v) is 7.88. The number of halogens is 2. The van der Waals surface area contributed by atoms with Crippen molar-refractivity contribution in [1.29, 1.82) is 0 Å². The molecule has 112 valence electrons. The molecule has 1 heterocycles. The topological polar surface area (TPSA) is 46.9 Å². The Kier molecular flexibility index (Phi) is 5.42. The second kappa shape index (κ2) is 7.09. The van der Waals surface area contributed by atoms with Crippen molar-refractivity contribution in [2.45, 2.75) is 26.9 Å². The highest BCUT2D eigenvalue weighted by molar-refractivity contribution is 9.10. The summed E-state index contributed by atoms with van der Waals surface area (Å²) in [5, 5.41) is 8.11. The lowest BCUT2D eigenvalue weighted by Gasteiger charge is -2.12. The first-order chi connectivity index (χ1) is 9.97. The summed E-state index contributed by atoms with van der Waals surface area (Å²) in [5.41, 5.74) is 1.65. The third-order valence-corrected chi connectivity index (χ3v) is 3.94. The van der Waals surface area contributed by atoms with E-state index >= 15 is 0 Å². The van der Waals surface area contributed by atoms with E-state index in [2.05, 4.69) is 40.2 Å². The number of aromatic nitrogens is 2. The molecule has 0 aliphatic rings. The summed E-state index contributed by atoms with van der Waals surface area (Å²) >= 11 is 9.20. The van der Waals surface area contributed by atoms with Gasteiger partial charge in [-0.1, -0.05) is 37.6 Å². The summed E-state index contributed by atoms with van der Waals surface area (Å²) in [7, 11) is 0. The highest BCUT2D eigenvalue weighted by Gasteiger charge is 2.09. The third kappa shape index (κ3) is 4.32. The van der Waals surface area contributed by atoms with Crippen LogP contribution in [0, 0.1) is 5.92 Å². The van der Waals surface area contributed by atoms with Crippen LogP contribution in [0.5, 0.6) is 0 Å². The minimum atomic E-state index is -0.121. The van der Waals surface area contributed by atoms with Gasteiger partial charge in [0.1, 0.15) is 4.47 Å². The lowest BCUT2D eigenvalue weighted by Crippen LogP contribution is -2.26. The molecular weight excluding hydrogens is 354 g/mol. The number of rotatable bonds is 5. The van der Waals surface area contributed by atoms with Crippen LogP contribution in [0.3, 0.4) is 0 Å². The Labute approximate surface area is 137 Å². The maximum absolute atomic E-state index is 12.2. The molecule has 6 heteroatoms. The molecule has 1 aromatic heterocycles. The third-order valence-electron chi connectivity index (χ3n) is 2.92. The average molecular weight is 371 g/mol. The molecule has 2 rings (SSSR count). The van der Waals surface area contributed by atoms with E-state index < -0.39 is 0 Å². The molecule has 0 saturated carbocycles. The largest absolute Gasteiger partial charge is 0.379 e. The van der Waals surface area contributed by atoms with Crippen LogP contribution in [0.1, 0.15) is 19.4 Å². The van der Waals surface area contributed by atoms with Crippen molar-refractivity contribution in [1.82, 2.24) is 9.78 Å². The molecule has 2 aromatic rings. The molecule has 21 heavy (non-hydrogen) atoms. The molecule has 0 unspecified atom stereocenters. The Morgan fingerprint density at radius 2 is 2.00 bits per heavy atom. The smallest absolute Gasteiger partial charge is 0.283 e. The molecule has 4 nitrogen and oxygen atoms in total. The number of anilines is 1. The van der Waals surface area contributed by atoms with E-state index in [0.29, 0.717) is 34.2 Å². The predicted octanol–water partition coefficient (Wildman–Crippen LogP) is 3.93. The van der Waals surface area contributed by atoms with Gasteiger partial charge in [0.2, 0.25) is 0 Å². The zero-order chi connectivity index (χ0) is 15.4. The zero-order valence-corrected chi connectivity index (χ0v) is 14.3. The zero-order valence-electron chi connectivity index (χ0n) is 11.9. The molecule has 0 radical (unpaired) electrons. The van der Waals surface area contributed by atoms with E-state index in [0.717, 1.165) is 5.56 Å². The lowest BCUT2D eigenvalue weighted by atomic mass is 10.2. The van der Waals surface area contributed by atoms with E-state index in [1.807, 2.05) is 24.3 Å². The summed E-state index contributed by atoms with van der Waals surface area (Å²) in [4.78, 5) is 12.2. The van der Waals surface area contributed by atoms with E-state index in [4.69, 9.17) is 11.6 Å². The van der Waals surface area contributed by atoms with Crippen LogP contribution in [-0.4, -0.2) is 9.78 Å². The van der Waals surface area contributed by atoms with Gasteiger partial charge in [-0.2, -0.15) is 5.10 Å². The number of hydrogen-bond acceptors (Lipinski definition) is 3. The second-order valence-corrected chi connectivity index (χ2v) is 6.46. The van der Waals surface area contributed by atoms with Crippen molar-refractivity contribution < 1.29 is 0 Å². The summed E-state index contributed by atoms with van der Waals surface area (Å²) in [6, 6.07) is 7.56. The Balaban J connectivity index is 2.12. The maximum atomic E-state index is 12.2. The fraction of sp³-hybridized carbons (Fsp3) is 0.333. The lowest BCUT2D eigenvalue weighted by molar-refractivity contribution is 0.462. The number of hydrogen-bond donors (Lipinski definition) is 1. The standard InChI is InChI=1S/C15H17BrClN3O/c1-10(2)9-20-15(21)14(16)13(8-19-20)18-7-11-3-5-12(17)6-4-11/h3-6,8,10,18H,7,9H2,1-2H3. The fourth-order valence-electron chi connectivity index (χ4n) is 1.86. The monoisotopic (exact) mass is 369 g/mol. The molecule has 0 fully saturated rings. The van der Waals surface area contributed by atoms with Gasteiger partial charge >= 0.3 is 0 Å². The molecule has 1 aromatic carbocycles. The van der Waals surface area contributed by atoms with Crippen LogP contribution >= 0.6 is 27.5 Å². The van der Waals surface area contributed by atoms with E-state index in [1.165, 1.54) is 4.68 Å². The first-order valence-electron chi connectivity index (χ1n) is 6.71. The van der Waals surface area contributed by atoms with Crippen molar-refractivity contribution in [3.05, 3.63) is 55.9 Å². The van der Waals surface area contributed by atoms with Gasteiger partial charge in [-0.3, -0.25) is 4.79 Å². The highest BCUT2D eigenvalue weighted by Crippen LogP contribution is 2.18. The summed E-state index contributed by atoms with van der Waals surface area (Å²) in [6.45, 7) is 5.31. The molecule has 0 aliphatic heterocycles. The number of nitrogens with one attached hydrogen (secondary N) is 1. The fourth-order valence-corrected chi connectivity index (χ4v) is 2.44. The van der Waals surface area contributed by atoms with Crippen molar-refractivity contribution in [3.8, 4) is 0 Å². The van der Waals surface area contributed by atoms with Crippen LogP contribution in [0.25, 0.3) is 0 Å². The van der Waals surface area contributed by atoms with Crippen LogP contribution < -0.4 is 10.9 Å². The Morgan fingerprint density at radius 3 is 2.62 bits per heavy atom. The van der Waals surface area contributed by atoms with Gasteiger partial charge in [-0.25, -0.2) is 4.68 Å². The van der Waals surface area contributed by atoms with Crippen LogP contribution in [0.4, 0.5) is 5.69 Å². The quantitative estimate of drug-likeness (QED) is 0.867. The number of benzene rings is 1. The Hall–Kier alpha value is -1.33. The molecule has 0 aliphatic carbocycles. The highest BCUT2D eigenvalue weighted by atomic mass is 79.9. The Bertz CT molecular complexity index is 668. The van der Waals surface area contributed by atoms with Crippen molar-refractivity contribution in [2.24, 2.45) is 5.92 Å². The van der Waals surface area contributed by atoms with E-state index in [9.17, 15) is 4.79 Å². The van der Waals surface area contributed by atoms with Gasteiger partial charge in [0.15, 0.2) is 0 Å². The SMILES string of the molecule is CC(C)Cn1ncc(NCc2ccc(Cl)cc2)c(Br)c1=O. The minimum absolute atomic E-state index is 0.121. The molecule has 0 bridgehead atoms. The molecule has 0 atom stereocenters. The van der Waals surface area contributed by atoms with Crippen LogP contribution in [0.2, 0.25) is 5.02 Å². The predicted molar refractivity (Wildman–Crippen MR) is 89.8 cm³/mol. The maximum Gasteiger partial charge on any atom is 0.283 e. The molecule has 0 spiro atoms. The normalized spacial score (nSPS) is 10.9. The van der Waals surface area contributed by atoms with Crippen molar-refractivity contribution >= 4 is 33.2 Å². The van der Waals surface area contributed by atoms with E-state index in [-0.39, 0.29) is 5.56 Å². The van der Waals surface area contributed by atoms with Gasteiger partial charge in [0, 0.05) is 18.1 Å². The van der Waals surface area contributed by atoms with Crippen LogP contribution in [0.15, 0.2) is 39.7 Å². The van der Waals surface area contributed by atoms with Gasteiger partial charge < -0.3 is 5.32 Å². The van der Waals surface area contributed by atoms with Crippen molar-refractivity contribution in [3.63, 3.8) is 0 Å². The summed E-state index contributed by atoms with van der Waals surface area (Å²) in [6.07, 6.45) is 1.67. The minimum Gasteiger partial charge on any atom is -0.379 e. The second-order valence-electron chi connectivity index (χ2n) is 5.23. The van der Waals surface area contributed by atoms with Crippen molar-refractivity contribution in [2.75, 3.05) is 5.32 Å². The first kappa shape index (κ1) is 16.0. The van der Waals surface area contributed by atoms with Gasteiger partial charge in [-0.05, 0) is 39.5 Å². The Morgan fingerprint density at radius 1 is 1.33 bits per heavy atom. The molecule has 1 N–H and O–H groups in total. The van der Waals surface area contributed by atoms with E-state index in [1.54, 1.807) is 6.20 Å². The molecule has 0 saturated heterocycles. The molecule has 0 amide bonds. The number of nitrogens with zero attached hydrogens (tertiary/aromatic N) is 2. The van der Waals surface area contributed by atoms with Crippen LogP contribution in [-0.2, 0) is 13.1 Å². The summed E-state index contributed by atoms with van der Waals surface area (Å²) in [5.74, 6) is 0.370. The van der Waals surface area contributed by atoms with Gasteiger partial charge in [0.05, 0.1) is 11.9 Å². The average Bonchev–Trinajstić information content (AvgIpc) is 2.44. The summed E-state index contributed by atoms with van der Waals surface area (Å²) < 4.78 is 1.98.